The van der Waals surface area contributed by atoms with Crippen molar-refractivity contribution in [1.29, 1.82) is 0 Å². The Kier molecular flexibility index (Phi) is 4.15. The standard InChI is InChI=1S/C16H17ClO4/c17-13-8-11(9-14-16(13)21-6-2-5-20-14)15(19)10-3-1-4-12(18)7-10/h8-10H,1-7H2. The largest absolute Gasteiger partial charge is 0.489 e. The van der Waals surface area contributed by atoms with Gasteiger partial charge < -0.3 is 9.47 Å². The highest BCUT2D eigenvalue weighted by Gasteiger charge is 2.28. The van der Waals surface area contributed by atoms with Crippen molar-refractivity contribution in [3.8, 4) is 11.5 Å². The van der Waals surface area contributed by atoms with Crippen molar-refractivity contribution in [2.24, 2.45) is 5.92 Å². The fourth-order valence-electron chi connectivity index (χ4n) is 2.86. The van der Waals surface area contributed by atoms with Crippen LogP contribution in [0.4, 0.5) is 0 Å². The molecule has 0 bridgehead atoms. The first kappa shape index (κ1) is 14.4. The van der Waals surface area contributed by atoms with Gasteiger partial charge in [0, 0.05) is 30.7 Å². The fraction of sp³-hybridized carbons (Fsp3) is 0.500. The van der Waals surface area contributed by atoms with E-state index in [2.05, 4.69) is 0 Å². The van der Waals surface area contributed by atoms with Gasteiger partial charge in [-0.3, -0.25) is 9.59 Å². The van der Waals surface area contributed by atoms with Gasteiger partial charge in [0.15, 0.2) is 17.3 Å². The quantitative estimate of drug-likeness (QED) is 0.785. The van der Waals surface area contributed by atoms with Crippen molar-refractivity contribution >= 4 is 23.2 Å². The summed E-state index contributed by atoms with van der Waals surface area (Å²) in [5.41, 5.74) is 0.504. The number of fused-ring (bicyclic) bond motifs is 1. The molecule has 1 saturated carbocycles. The van der Waals surface area contributed by atoms with Crippen molar-refractivity contribution in [2.45, 2.75) is 32.1 Å². The lowest BCUT2D eigenvalue weighted by Crippen LogP contribution is -2.23. The summed E-state index contributed by atoms with van der Waals surface area (Å²) in [5, 5.41) is 0.389. The summed E-state index contributed by atoms with van der Waals surface area (Å²) in [4.78, 5) is 24.1. The number of Topliss-reactive ketones (excluding diaryl/α,β-unsaturated/α-hetero) is 2. The maximum absolute atomic E-state index is 12.6. The van der Waals surface area contributed by atoms with Gasteiger partial charge in [-0.2, -0.15) is 0 Å². The first-order valence-corrected chi connectivity index (χ1v) is 7.68. The number of hydrogen-bond acceptors (Lipinski definition) is 4. The van der Waals surface area contributed by atoms with Gasteiger partial charge in [0.1, 0.15) is 5.78 Å². The van der Waals surface area contributed by atoms with Crippen LogP contribution in [-0.4, -0.2) is 24.8 Å². The molecule has 1 unspecified atom stereocenters. The van der Waals surface area contributed by atoms with Gasteiger partial charge in [0.2, 0.25) is 0 Å². The molecule has 21 heavy (non-hydrogen) atoms. The first-order chi connectivity index (χ1) is 10.1. The van der Waals surface area contributed by atoms with Crippen LogP contribution in [-0.2, 0) is 4.79 Å². The van der Waals surface area contributed by atoms with Crippen LogP contribution in [0.3, 0.4) is 0 Å². The summed E-state index contributed by atoms with van der Waals surface area (Å²) >= 11 is 6.21. The van der Waals surface area contributed by atoms with Crippen LogP contribution in [0.1, 0.15) is 42.5 Å². The highest BCUT2D eigenvalue weighted by Crippen LogP contribution is 2.39. The van der Waals surface area contributed by atoms with Gasteiger partial charge in [0.25, 0.3) is 0 Å². The zero-order valence-corrected chi connectivity index (χ0v) is 12.4. The van der Waals surface area contributed by atoms with Crippen LogP contribution in [0, 0.1) is 5.92 Å². The monoisotopic (exact) mass is 308 g/mol. The van der Waals surface area contributed by atoms with Crippen LogP contribution in [0.25, 0.3) is 0 Å². The zero-order valence-electron chi connectivity index (χ0n) is 11.7. The lowest BCUT2D eigenvalue weighted by molar-refractivity contribution is -0.121. The summed E-state index contributed by atoms with van der Waals surface area (Å²) in [7, 11) is 0. The van der Waals surface area contributed by atoms with Crippen LogP contribution in [0.15, 0.2) is 12.1 Å². The highest BCUT2D eigenvalue weighted by molar-refractivity contribution is 6.32. The predicted molar refractivity (Wildman–Crippen MR) is 78.4 cm³/mol. The normalized spacial score (nSPS) is 21.8. The van der Waals surface area contributed by atoms with Crippen molar-refractivity contribution in [3.63, 3.8) is 0 Å². The molecule has 3 rings (SSSR count). The molecule has 5 heteroatoms. The number of rotatable bonds is 2. The second-order valence-electron chi connectivity index (χ2n) is 5.53. The van der Waals surface area contributed by atoms with Crippen molar-refractivity contribution in [1.82, 2.24) is 0 Å². The summed E-state index contributed by atoms with van der Waals surface area (Å²) in [6, 6.07) is 3.31. The Morgan fingerprint density at radius 2 is 2.00 bits per heavy atom. The van der Waals surface area contributed by atoms with E-state index in [1.165, 1.54) is 0 Å². The molecule has 0 spiro atoms. The lowest BCUT2D eigenvalue weighted by Gasteiger charge is -2.20. The van der Waals surface area contributed by atoms with Crippen molar-refractivity contribution in [3.05, 3.63) is 22.7 Å². The third-order valence-corrected chi connectivity index (χ3v) is 4.22. The summed E-state index contributed by atoms with van der Waals surface area (Å²) < 4.78 is 11.2. The lowest BCUT2D eigenvalue weighted by atomic mass is 9.83. The van der Waals surface area contributed by atoms with E-state index in [-0.39, 0.29) is 17.5 Å². The number of carbonyl (C=O) groups excluding carboxylic acids is 2. The first-order valence-electron chi connectivity index (χ1n) is 7.30. The summed E-state index contributed by atoms with van der Waals surface area (Å²) in [6.45, 7) is 1.10. The van der Waals surface area contributed by atoms with E-state index < -0.39 is 0 Å². The molecule has 0 amide bonds. The number of ketones is 2. The topological polar surface area (TPSA) is 52.6 Å². The number of hydrogen-bond donors (Lipinski definition) is 0. The smallest absolute Gasteiger partial charge is 0.179 e. The average Bonchev–Trinajstić information content (AvgIpc) is 2.72. The van der Waals surface area contributed by atoms with E-state index in [1.807, 2.05) is 0 Å². The second-order valence-corrected chi connectivity index (χ2v) is 5.94. The van der Waals surface area contributed by atoms with Gasteiger partial charge >= 0.3 is 0 Å². The molecule has 4 nitrogen and oxygen atoms in total. The van der Waals surface area contributed by atoms with E-state index in [9.17, 15) is 9.59 Å². The fourth-order valence-corrected chi connectivity index (χ4v) is 3.12. The Labute approximate surface area is 128 Å². The molecular formula is C16H17ClO4. The van der Waals surface area contributed by atoms with E-state index in [0.717, 1.165) is 19.3 Å². The number of ether oxygens (including phenoxy) is 2. The molecule has 0 radical (unpaired) electrons. The highest BCUT2D eigenvalue weighted by atomic mass is 35.5. The Bertz CT molecular complexity index is 582. The van der Waals surface area contributed by atoms with Gasteiger partial charge in [0.05, 0.1) is 18.2 Å². The molecule has 0 N–H and O–H groups in total. The molecule has 1 aromatic carbocycles. The SMILES string of the molecule is O=C1CCCC(C(=O)c2cc(Cl)c3c(c2)OCCCO3)C1. The molecule has 1 heterocycles. The Balaban J connectivity index is 1.88. The molecule has 1 aromatic rings. The predicted octanol–water partition coefficient (Wildman–Crippen LogP) is 3.44. The van der Waals surface area contributed by atoms with Gasteiger partial charge in [-0.25, -0.2) is 0 Å². The van der Waals surface area contributed by atoms with E-state index >= 15 is 0 Å². The minimum atomic E-state index is -0.230. The number of benzene rings is 1. The van der Waals surface area contributed by atoms with Gasteiger partial charge in [-0.15, -0.1) is 0 Å². The summed E-state index contributed by atoms with van der Waals surface area (Å²) in [6.07, 6.45) is 3.26. The van der Waals surface area contributed by atoms with Crippen molar-refractivity contribution < 1.29 is 19.1 Å². The number of carbonyl (C=O) groups is 2. The maximum Gasteiger partial charge on any atom is 0.179 e. The molecular weight excluding hydrogens is 292 g/mol. The molecule has 1 fully saturated rings. The van der Waals surface area contributed by atoms with Gasteiger partial charge in [-0.05, 0) is 25.0 Å². The van der Waals surface area contributed by atoms with Gasteiger partial charge in [-0.1, -0.05) is 11.6 Å². The van der Waals surface area contributed by atoms with Crippen LogP contribution in [0.5, 0.6) is 11.5 Å². The maximum atomic E-state index is 12.6. The molecule has 0 saturated heterocycles. The van der Waals surface area contributed by atoms with E-state index in [4.69, 9.17) is 21.1 Å². The zero-order chi connectivity index (χ0) is 14.8. The van der Waals surface area contributed by atoms with E-state index in [0.29, 0.717) is 48.1 Å². The second kappa shape index (κ2) is 6.06. The molecule has 0 aromatic heterocycles. The van der Waals surface area contributed by atoms with Crippen LogP contribution >= 0.6 is 11.6 Å². The molecule has 1 aliphatic heterocycles. The third-order valence-electron chi connectivity index (χ3n) is 3.94. The summed E-state index contributed by atoms with van der Waals surface area (Å²) in [5.74, 6) is 0.934. The molecule has 1 aliphatic carbocycles. The average molecular weight is 309 g/mol. The van der Waals surface area contributed by atoms with Crippen LogP contribution in [0.2, 0.25) is 5.02 Å². The molecule has 112 valence electrons. The minimum absolute atomic E-state index is 0.0272. The Hall–Kier alpha value is -1.55. The third kappa shape index (κ3) is 3.05. The molecule has 2 aliphatic rings. The Morgan fingerprint density at radius 1 is 1.19 bits per heavy atom. The van der Waals surface area contributed by atoms with E-state index in [1.54, 1.807) is 12.1 Å². The molecule has 1 atom stereocenters. The Morgan fingerprint density at radius 3 is 2.81 bits per heavy atom. The van der Waals surface area contributed by atoms with Crippen molar-refractivity contribution in [2.75, 3.05) is 13.2 Å². The number of halogens is 1. The van der Waals surface area contributed by atoms with Crippen LogP contribution < -0.4 is 9.47 Å². The minimum Gasteiger partial charge on any atom is -0.489 e.